The molecule has 1 unspecified atom stereocenters. The van der Waals surface area contributed by atoms with Crippen molar-refractivity contribution >= 4 is 5.97 Å². The lowest BCUT2D eigenvalue weighted by Crippen LogP contribution is -2.39. The number of hydrogen-bond acceptors (Lipinski definition) is 3. The molecule has 0 spiro atoms. The Bertz CT molecular complexity index is 429. The molecule has 2 N–H and O–H groups in total. The maximum Gasteiger partial charge on any atom is 0.339 e. The summed E-state index contributed by atoms with van der Waals surface area (Å²) in [5.74, 6) is 0.283. The molecule has 0 saturated heterocycles. The molecule has 2 rings (SSSR count). The Balaban J connectivity index is 1.74. The predicted octanol–water partition coefficient (Wildman–Crippen LogP) is 2.54. The van der Waals surface area contributed by atoms with Crippen LogP contribution in [0, 0.1) is 5.92 Å². The maximum atomic E-state index is 11.0. The molecule has 0 aliphatic heterocycles. The van der Waals surface area contributed by atoms with Gasteiger partial charge in [0.2, 0.25) is 0 Å². The lowest BCUT2D eigenvalue weighted by molar-refractivity contribution is 0.0692. The highest BCUT2D eigenvalue weighted by Gasteiger charge is 2.23. The first-order valence-electron chi connectivity index (χ1n) is 6.87. The van der Waals surface area contributed by atoms with Crippen molar-refractivity contribution in [2.75, 3.05) is 13.2 Å². The summed E-state index contributed by atoms with van der Waals surface area (Å²) in [6.45, 7) is 3.43. The summed E-state index contributed by atoms with van der Waals surface area (Å²) >= 11 is 0. The molecule has 0 amide bonds. The van der Waals surface area contributed by atoms with E-state index in [1.165, 1.54) is 19.3 Å². The molecular formula is C15H21NO3. The van der Waals surface area contributed by atoms with Gasteiger partial charge in [-0.2, -0.15) is 0 Å². The largest absolute Gasteiger partial charge is 0.491 e. The fraction of sp³-hybridized carbons (Fsp3) is 0.533. The van der Waals surface area contributed by atoms with E-state index in [1.807, 2.05) is 0 Å². The lowest BCUT2D eigenvalue weighted by atomic mass is 9.80. The first kappa shape index (κ1) is 13.9. The maximum absolute atomic E-state index is 11.0. The van der Waals surface area contributed by atoms with Crippen LogP contribution >= 0.6 is 0 Å². The number of carbonyl (C=O) groups is 1. The molecule has 1 aromatic carbocycles. The molecular weight excluding hydrogens is 242 g/mol. The van der Waals surface area contributed by atoms with E-state index >= 15 is 0 Å². The van der Waals surface area contributed by atoms with E-state index in [4.69, 9.17) is 9.84 Å². The molecule has 104 valence electrons. The standard InChI is InChI=1S/C15H21NO3/c1-11(12-5-4-6-12)16-9-10-19-14-8-3-2-7-13(14)15(17)18/h2-3,7-8,11-12,16H,4-6,9-10H2,1H3,(H,17,18). The topological polar surface area (TPSA) is 58.6 Å². The third kappa shape index (κ3) is 3.70. The number of carboxylic acid groups (broad SMARTS) is 1. The Labute approximate surface area is 113 Å². The van der Waals surface area contributed by atoms with E-state index < -0.39 is 5.97 Å². The van der Waals surface area contributed by atoms with Gasteiger partial charge < -0.3 is 15.2 Å². The number of nitrogens with one attached hydrogen (secondary N) is 1. The van der Waals surface area contributed by atoms with Gasteiger partial charge in [-0.3, -0.25) is 0 Å². The van der Waals surface area contributed by atoms with Gasteiger partial charge >= 0.3 is 5.97 Å². The minimum Gasteiger partial charge on any atom is -0.491 e. The molecule has 0 radical (unpaired) electrons. The van der Waals surface area contributed by atoms with Crippen molar-refractivity contribution in [3.63, 3.8) is 0 Å². The van der Waals surface area contributed by atoms with E-state index in [2.05, 4.69) is 12.2 Å². The zero-order chi connectivity index (χ0) is 13.7. The lowest BCUT2D eigenvalue weighted by Gasteiger charge is -2.32. The van der Waals surface area contributed by atoms with E-state index in [1.54, 1.807) is 24.3 Å². The third-order valence-electron chi connectivity index (χ3n) is 3.80. The van der Waals surface area contributed by atoms with E-state index in [9.17, 15) is 4.79 Å². The predicted molar refractivity (Wildman–Crippen MR) is 73.7 cm³/mol. The number of ether oxygens (including phenoxy) is 1. The van der Waals surface area contributed by atoms with Crippen molar-refractivity contribution in [2.45, 2.75) is 32.2 Å². The van der Waals surface area contributed by atoms with Crippen molar-refractivity contribution < 1.29 is 14.6 Å². The van der Waals surface area contributed by atoms with Gasteiger partial charge in [0.25, 0.3) is 0 Å². The number of rotatable bonds is 7. The summed E-state index contributed by atoms with van der Waals surface area (Å²) in [6.07, 6.45) is 3.98. The van der Waals surface area contributed by atoms with Crippen LogP contribution in [-0.2, 0) is 0 Å². The second-order valence-corrected chi connectivity index (χ2v) is 5.08. The third-order valence-corrected chi connectivity index (χ3v) is 3.80. The van der Waals surface area contributed by atoms with Gasteiger partial charge in [0.05, 0.1) is 0 Å². The Morgan fingerprint density at radius 1 is 1.47 bits per heavy atom. The minimum atomic E-state index is -0.952. The van der Waals surface area contributed by atoms with Crippen LogP contribution in [0.2, 0.25) is 0 Å². The summed E-state index contributed by atoms with van der Waals surface area (Å²) < 4.78 is 5.54. The van der Waals surface area contributed by atoms with Crippen molar-refractivity contribution in [3.8, 4) is 5.75 Å². The highest BCUT2D eigenvalue weighted by molar-refractivity contribution is 5.90. The molecule has 0 heterocycles. The van der Waals surface area contributed by atoms with Crippen LogP contribution in [0.3, 0.4) is 0 Å². The summed E-state index contributed by atoms with van der Waals surface area (Å²) in [6, 6.07) is 7.26. The molecule has 1 aliphatic rings. The van der Waals surface area contributed by atoms with Gasteiger partial charge in [-0.15, -0.1) is 0 Å². The van der Waals surface area contributed by atoms with Crippen molar-refractivity contribution in [1.29, 1.82) is 0 Å². The summed E-state index contributed by atoms with van der Waals surface area (Å²) in [4.78, 5) is 11.0. The van der Waals surface area contributed by atoms with Gasteiger partial charge in [0.1, 0.15) is 17.9 Å². The summed E-state index contributed by atoms with van der Waals surface area (Å²) in [5, 5.41) is 12.5. The van der Waals surface area contributed by atoms with Crippen LogP contribution in [0.15, 0.2) is 24.3 Å². The number of benzene rings is 1. The van der Waals surface area contributed by atoms with Gasteiger partial charge in [-0.05, 0) is 37.8 Å². The Hall–Kier alpha value is -1.55. The van der Waals surface area contributed by atoms with Gasteiger partial charge in [0.15, 0.2) is 0 Å². The average molecular weight is 263 g/mol. The molecule has 1 aliphatic carbocycles. The minimum absolute atomic E-state index is 0.217. The molecule has 4 nitrogen and oxygen atoms in total. The highest BCUT2D eigenvalue weighted by Crippen LogP contribution is 2.29. The monoisotopic (exact) mass is 263 g/mol. The average Bonchev–Trinajstić information content (AvgIpc) is 2.33. The molecule has 1 aromatic rings. The van der Waals surface area contributed by atoms with Gasteiger partial charge in [-0.1, -0.05) is 18.6 Å². The Kier molecular flexibility index (Phi) is 4.80. The highest BCUT2D eigenvalue weighted by atomic mass is 16.5. The zero-order valence-electron chi connectivity index (χ0n) is 11.3. The quantitative estimate of drug-likeness (QED) is 0.742. The fourth-order valence-electron chi connectivity index (χ4n) is 2.32. The van der Waals surface area contributed by atoms with Crippen LogP contribution in [0.1, 0.15) is 36.5 Å². The molecule has 0 bridgehead atoms. The summed E-state index contributed by atoms with van der Waals surface area (Å²) in [7, 11) is 0. The number of carboxylic acids is 1. The number of para-hydroxylation sites is 1. The van der Waals surface area contributed by atoms with Crippen LogP contribution in [-0.4, -0.2) is 30.3 Å². The van der Waals surface area contributed by atoms with E-state index in [0.29, 0.717) is 18.4 Å². The van der Waals surface area contributed by atoms with E-state index in [0.717, 1.165) is 12.5 Å². The molecule has 1 fully saturated rings. The van der Waals surface area contributed by atoms with Crippen molar-refractivity contribution in [3.05, 3.63) is 29.8 Å². The van der Waals surface area contributed by atoms with Crippen LogP contribution in [0.25, 0.3) is 0 Å². The normalized spacial score (nSPS) is 16.7. The van der Waals surface area contributed by atoms with E-state index in [-0.39, 0.29) is 5.56 Å². The molecule has 19 heavy (non-hydrogen) atoms. The SMILES string of the molecule is CC(NCCOc1ccccc1C(=O)O)C1CCC1. The van der Waals surface area contributed by atoms with Gasteiger partial charge in [0, 0.05) is 12.6 Å². The summed E-state index contributed by atoms with van der Waals surface area (Å²) in [5.41, 5.74) is 0.217. The molecule has 0 aromatic heterocycles. The van der Waals surface area contributed by atoms with Crippen LogP contribution in [0.5, 0.6) is 5.75 Å². The molecule has 1 atom stereocenters. The first-order chi connectivity index (χ1) is 9.18. The Morgan fingerprint density at radius 2 is 2.21 bits per heavy atom. The smallest absolute Gasteiger partial charge is 0.339 e. The second kappa shape index (κ2) is 6.57. The first-order valence-corrected chi connectivity index (χ1v) is 6.87. The number of hydrogen-bond donors (Lipinski definition) is 2. The Morgan fingerprint density at radius 3 is 2.84 bits per heavy atom. The van der Waals surface area contributed by atoms with Crippen molar-refractivity contribution in [2.24, 2.45) is 5.92 Å². The van der Waals surface area contributed by atoms with Crippen LogP contribution in [0.4, 0.5) is 0 Å². The number of aromatic carboxylic acids is 1. The molecule has 1 saturated carbocycles. The second-order valence-electron chi connectivity index (χ2n) is 5.08. The van der Waals surface area contributed by atoms with Crippen molar-refractivity contribution in [1.82, 2.24) is 5.32 Å². The zero-order valence-corrected chi connectivity index (χ0v) is 11.3. The van der Waals surface area contributed by atoms with Crippen LogP contribution < -0.4 is 10.1 Å². The van der Waals surface area contributed by atoms with Gasteiger partial charge in [-0.25, -0.2) is 4.79 Å². The molecule has 4 heteroatoms. The fourth-order valence-corrected chi connectivity index (χ4v) is 2.32.